The average molecular weight is 554 g/mol. The van der Waals surface area contributed by atoms with Crippen LogP contribution in [0.1, 0.15) is 29.3 Å². The van der Waals surface area contributed by atoms with Crippen LogP contribution in [0, 0.1) is 20.8 Å². The number of aromatic nitrogens is 7. The first-order valence-corrected chi connectivity index (χ1v) is 13.7. The molecule has 0 aliphatic rings. The third kappa shape index (κ3) is 5.27. The summed E-state index contributed by atoms with van der Waals surface area (Å²) < 4.78 is 54.3. The zero-order valence-corrected chi connectivity index (χ0v) is 22.5. The molecule has 0 amide bonds. The van der Waals surface area contributed by atoms with E-state index in [1.165, 1.54) is 18.3 Å². The lowest BCUT2D eigenvalue weighted by Gasteiger charge is -2.14. The van der Waals surface area contributed by atoms with Gasteiger partial charge in [-0.25, -0.2) is 32.2 Å². The predicted molar refractivity (Wildman–Crippen MR) is 143 cm³/mol. The van der Waals surface area contributed by atoms with Crippen molar-refractivity contribution in [1.29, 1.82) is 0 Å². The van der Waals surface area contributed by atoms with Crippen LogP contribution in [0.4, 0.5) is 31.8 Å². The molecule has 0 bridgehead atoms. The summed E-state index contributed by atoms with van der Waals surface area (Å²) in [5.74, 6) is 0.0951. The second-order valence-electron chi connectivity index (χ2n) is 9.13. The fourth-order valence-corrected chi connectivity index (χ4v) is 4.80. The number of imidazole rings is 1. The Morgan fingerprint density at radius 3 is 2.36 bits per heavy atom. The first-order chi connectivity index (χ1) is 18.4. The van der Waals surface area contributed by atoms with Crippen LogP contribution in [-0.2, 0) is 16.9 Å². The van der Waals surface area contributed by atoms with Crippen LogP contribution in [0.3, 0.4) is 0 Å². The van der Waals surface area contributed by atoms with Crippen LogP contribution >= 0.6 is 0 Å². The van der Waals surface area contributed by atoms with Gasteiger partial charge in [-0.3, -0.25) is 9.67 Å². The zero-order chi connectivity index (χ0) is 28.1. The number of aromatic amines is 1. The molecule has 5 rings (SSSR count). The van der Waals surface area contributed by atoms with Crippen molar-refractivity contribution in [3.8, 4) is 11.3 Å². The molecular formula is C25H25F2N9O2S. The van der Waals surface area contributed by atoms with Crippen LogP contribution in [0.25, 0.3) is 22.4 Å². The quantitative estimate of drug-likeness (QED) is 0.256. The fraction of sp³-hybridized carbons (Fsp3) is 0.240. The molecule has 0 unspecified atom stereocenters. The van der Waals surface area contributed by atoms with Gasteiger partial charge in [0.1, 0.15) is 17.2 Å². The monoisotopic (exact) mass is 553 g/mol. The van der Waals surface area contributed by atoms with Gasteiger partial charge in [-0.05, 0) is 39.0 Å². The second-order valence-corrected chi connectivity index (χ2v) is 11.1. The fourth-order valence-electron chi connectivity index (χ4n) is 3.94. The maximum atomic E-state index is 13.5. The van der Waals surface area contributed by atoms with E-state index < -0.39 is 22.1 Å². The number of rotatable bonds is 7. The predicted octanol–water partition coefficient (Wildman–Crippen LogP) is 4.90. The minimum atomic E-state index is -3.71. The molecule has 4 heterocycles. The number of sulfone groups is 1. The highest BCUT2D eigenvalue weighted by Crippen LogP contribution is 2.34. The van der Waals surface area contributed by atoms with E-state index >= 15 is 0 Å². The lowest BCUT2D eigenvalue weighted by molar-refractivity contribution is 0.142. The molecule has 11 nitrogen and oxygen atoms in total. The van der Waals surface area contributed by atoms with Crippen molar-refractivity contribution >= 4 is 44.0 Å². The molecule has 39 heavy (non-hydrogen) atoms. The van der Waals surface area contributed by atoms with Crippen molar-refractivity contribution in [3.63, 3.8) is 0 Å². The summed E-state index contributed by atoms with van der Waals surface area (Å²) in [7, 11) is -1.91. The van der Waals surface area contributed by atoms with E-state index in [9.17, 15) is 17.2 Å². The van der Waals surface area contributed by atoms with Gasteiger partial charge in [0.05, 0.1) is 39.5 Å². The summed E-state index contributed by atoms with van der Waals surface area (Å²) in [6, 6.07) is 8.25. The Kier molecular flexibility index (Phi) is 6.50. The Hall–Kier alpha value is -4.46. The third-order valence-electron chi connectivity index (χ3n) is 6.19. The summed E-state index contributed by atoms with van der Waals surface area (Å²) in [6.45, 7) is 5.53. The van der Waals surface area contributed by atoms with E-state index in [1.54, 1.807) is 23.9 Å². The smallest absolute Gasteiger partial charge is 0.295 e. The second kappa shape index (κ2) is 9.69. The minimum absolute atomic E-state index is 0.00687. The number of halogens is 2. The van der Waals surface area contributed by atoms with Crippen LogP contribution in [0.15, 0.2) is 41.4 Å². The molecule has 5 aromatic rings. The number of nitrogens with zero attached hydrogens (tertiary/aromatic N) is 6. The molecule has 1 aromatic carbocycles. The summed E-state index contributed by atoms with van der Waals surface area (Å²) in [6.07, 6.45) is -0.238. The Morgan fingerprint density at radius 1 is 0.949 bits per heavy atom. The normalized spacial score (nSPS) is 11.9. The van der Waals surface area contributed by atoms with Crippen molar-refractivity contribution in [2.24, 2.45) is 7.05 Å². The van der Waals surface area contributed by atoms with Crippen molar-refractivity contribution in [2.75, 3.05) is 16.9 Å². The van der Waals surface area contributed by atoms with Gasteiger partial charge in [0.25, 0.3) is 6.43 Å². The van der Waals surface area contributed by atoms with E-state index in [0.29, 0.717) is 22.8 Å². The highest BCUT2D eigenvalue weighted by molar-refractivity contribution is 7.90. The van der Waals surface area contributed by atoms with E-state index in [-0.39, 0.29) is 33.3 Å². The van der Waals surface area contributed by atoms with Crippen molar-refractivity contribution in [1.82, 2.24) is 34.7 Å². The van der Waals surface area contributed by atoms with E-state index in [0.717, 1.165) is 17.6 Å². The van der Waals surface area contributed by atoms with Crippen LogP contribution in [0.5, 0.6) is 0 Å². The number of nitrogens with one attached hydrogen (secondary N) is 3. The topological polar surface area (TPSA) is 143 Å². The standard InChI is InChI=1S/C25H25F2N9O2S/c1-12-8-17(35-36(12)4)15-6-7-16(19(9-15)39(5,37)38)30-18-10-20(31-21-11-28-13(2)14(3)29-21)32-24-22(18)33-25(34-24)23(26)27/h6-11,23H,1-5H3,(H3,29,30,31,32,33,34). The van der Waals surface area contributed by atoms with Crippen molar-refractivity contribution in [3.05, 3.63) is 59.4 Å². The molecule has 0 spiro atoms. The van der Waals surface area contributed by atoms with Gasteiger partial charge in [0.2, 0.25) is 0 Å². The molecule has 0 aliphatic carbocycles. The van der Waals surface area contributed by atoms with Gasteiger partial charge in [0.15, 0.2) is 21.3 Å². The summed E-state index contributed by atoms with van der Waals surface area (Å²) >= 11 is 0. The molecule has 0 atom stereocenters. The molecule has 0 saturated heterocycles. The van der Waals surface area contributed by atoms with Crippen molar-refractivity contribution in [2.45, 2.75) is 32.1 Å². The molecule has 0 saturated carbocycles. The van der Waals surface area contributed by atoms with Crippen LogP contribution in [0.2, 0.25) is 0 Å². The maximum absolute atomic E-state index is 13.5. The summed E-state index contributed by atoms with van der Waals surface area (Å²) in [5.41, 5.74) is 4.30. The minimum Gasteiger partial charge on any atom is -0.352 e. The molecule has 202 valence electrons. The molecule has 0 aliphatic heterocycles. The number of fused-ring (bicyclic) bond motifs is 1. The SMILES string of the molecule is Cc1ncc(Nc2cc(Nc3ccc(-c4cc(C)n(C)n4)cc3S(C)(=O)=O)c3nc(C(F)F)[nH]c3n2)nc1C. The Morgan fingerprint density at radius 2 is 1.72 bits per heavy atom. The number of hydrogen-bond acceptors (Lipinski definition) is 9. The van der Waals surface area contributed by atoms with E-state index in [1.807, 2.05) is 26.8 Å². The number of H-pyrrole nitrogens is 1. The Bertz CT molecular complexity index is 1810. The largest absolute Gasteiger partial charge is 0.352 e. The van der Waals surface area contributed by atoms with Gasteiger partial charge in [0, 0.05) is 30.6 Å². The van der Waals surface area contributed by atoms with E-state index in [2.05, 4.69) is 40.7 Å². The van der Waals surface area contributed by atoms with Crippen LogP contribution in [-0.4, -0.2) is 49.4 Å². The molecular weight excluding hydrogens is 528 g/mol. The molecule has 0 radical (unpaired) electrons. The first kappa shape index (κ1) is 26.2. The molecule has 3 N–H and O–H groups in total. The highest BCUT2D eigenvalue weighted by atomic mass is 32.2. The summed E-state index contributed by atoms with van der Waals surface area (Å²) in [4.78, 5) is 19.6. The van der Waals surface area contributed by atoms with Gasteiger partial charge < -0.3 is 15.6 Å². The highest BCUT2D eigenvalue weighted by Gasteiger charge is 2.21. The number of alkyl halides is 2. The molecule has 0 fully saturated rings. The van der Waals surface area contributed by atoms with Gasteiger partial charge >= 0.3 is 0 Å². The Labute approximate surface area is 222 Å². The zero-order valence-electron chi connectivity index (χ0n) is 21.7. The third-order valence-corrected chi connectivity index (χ3v) is 7.32. The first-order valence-electron chi connectivity index (χ1n) is 11.8. The van der Waals surface area contributed by atoms with Crippen LogP contribution < -0.4 is 10.6 Å². The number of benzene rings is 1. The van der Waals surface area contributed by atoms with Gasteiger partial charge in [-0.2, -0.15) is 5.10 Å². The van der Waals surface area contributed by atoms with Crippen molar-refractivity contribution < 1.29 is 17.2 Å². The van der Waals surface area contributed by atoms with Gasteiger partial charge in [-0.1, -0.05) is 6.07 Å². The number of pyridine rings is 1. The number of aryl methyl sites for hydroxylation is 4. The number of anilines is 4. The van der Waals surface area contributed by atoms with Gasteiger partial charge in [-0.15, -0.1) is 0 Å². The maximum Gasteiger partial charge on any atom is 0.295 e. The summed E-state index contributed by atoms with van der Waals surface area (Å²) in [5, 5.41) is 10.5. The number of hydrogen-bond donors (Lipinski definition) is 3. The lowest BCUT2D eigenvalue weighted by Crippen LogP contribution is -2.05. The Balaban J connectivity index is 1.61. The van der Waals surface area contributed by atoms with E-state index in [4.69, 9.17) is 0 Å². The molecule has 14 heteroatoms. The lowest BCUT2D eigenvalue weighted by atomic mass is 10.1. The average Bonchev–Trinajstić information content (AvgIpc) is 3.44. The molecule has 4 aromatic heterocycles.